The van der Waals surface area contributed by atoms with E-state index in [0.29, 0.717) is 6.42 Å². The van der Waals surface area contributed by atoms with Crippen LogP contribution in [0.4, 0.5) is 0 Å². The van der Waals surface area contributed by atoms with E-state index in [-0.39, 0.29) is 11.7 Å². The number of allylic oxidation sites excluding steroid dienone is 1. The van der Waals surface area contributed by atoms with Crippen molar-refractivity contribution in [2.24, 2.45) is 0 Å². The molecule has 1 unspecified atom stereocenters. The van der Waals surface area contributed by atoms with Crippen LogP contribution in [0.5, 0.6) is 0 Å². The van der Waals surface area contributed by atoms with Crippen LogP contribution in [-0.2, 0) is 0 Å². The Hall–Kier alpha value is -2.93. The van der Waals surface area contributed by atoms with Crippen molar-refractivity contribution in [1.29, 1.82) is 0 Å². The number of Topliss-reactive ketones (excluding diaryl/α,β-unsaturated/α-hetero) is 1. The van der Waals surface area contributed by atoms with Crippen molar-refractivity contribution in [3.05, 3.63) is 113 Å². The smallest absolute Gasteiger partial charge is 0.163 e. The predicted octanol–water partition coefficient (Wildman–Crippen LogP) is 6.07. The minimum Gasteiger partial charge on any atom is -0.294 e. The number of carbonyl (C=O) groups is 1. The lowest BCUT2D eigenvalue weighted by Gasteiger charge is -2.15. The van der Waals surface area contributed by atoms with Crippen molar-refractivity contribution in [3.8, 4) is 0 Å². The summed E-state index contributed by atoms with van der Waals surface area (Å²) in [5.74, 6) is 0.237. The number of hydrogen-bond donors (Lipinski definition) is 0. The summed E-state index contributed by atoms with van der Waals surface area (Å²) in [6.45, 7) is 2.10. The second-order valence-electron chi connectivity index (χ2n) is 6.23. The summed E-state index contributed by atoms with van der Waals surface area (Å²) in [7, 11) is 0. The third-order valence-electron chi connectivity index (χ3n) is 4.41. The highest BCUT2D eigenvalue weighted by molar-refractivity contribution is 5.96. The van der Waals surface area contributed by atoms with Crippen molar-refractivity contribution in [2.45, 2.75) is 19.3 Å². The molecule has 0 spiro atoms. The second kappa shape index (κ2) is 8.25. The summed E-state index contributed by atoms with van der Waals surface area (Å²) in [5.41, 5.74) is 4.34. The van der Waals surface area contributed by atoms with E-state index in [2.05, 4.69) is 43.3 Å². The first kappa shape index (κ1) is 16.9. The van der Waals surface area contributed by atoms with E-state index in [1.54, 1.807) is 0 Å². The van der Waals surface area contributed by atoms with Gasteiger partial charge < -0.3 is 0 Å². The van der Waals surface area contributed by atoms with E-state index < -0.39 is 0 Å². The molecule has 1 atom stereocenters. The van der Waals surface area contributed by atoms with Gasteiger partial charge in [-0.25, -0.2) is 0 Å². The molecule has 0 N–H and O–H groups in total. The van der Waals surface area contributed by atoms with Crippen LogP contribution in [0.15, 0.2) is 91.0 Å². The number of ketones is 1. The Kier molecular flexibility index (Phi) is 5.58. The van der Waals surface area contributed by atoms with Gasteiger partial charge in [0.25, 0.3) is 0 Å². The van der Waals surface area contributed by atoms with Gasteiger partial charge in [0, 0.05) is 17.9 Å². The van der Waals surface area contributed by atoms with E-state index >= 15 is 0 Å². The van der Waals surface area contributed by atoms with Crippen molar-refractivity contribution < 1.29 is 4.79 Å². The van der Waals surface area contributed by atoms with Gasteiger partial charge >= 0.3 is 0 Å². The molecule has 25 heavy (non-hydrogen) atoms. The average molecular weight is 326 g/mol. The lowest BCUT2D eigenvalue weighted by Crippen LogP contribution is -2.07. The third kappa shape index (κ3) is 4.54. The van der Waals surface area contributed by atoms with Crippen LogP contribution in [-0.4, -0.2) is 5.78 Å². The molecule has 0 bridgehead atoms. The number of benzene rings is 3. The average Bonchev–Trinajstić information content (AvgIpc) is 2.67. The highest BCUT2D eigenvalue weighted by Gasteiger charge is 2.16. The molecule has 0 aliphatic rings. The zero-order chi connectivity index (χ0) is 17.5. The first-order valence-corrected chi connectivity index (χ1v) is 8.61. The maximum absolute atomic E-state index is 12.7. The van der Waals surface area contributed by atoms with Crippen molar-refractivity contribution in [2.75, 3.05) is 0 Å². The molecule has 1 heteroatoms. The SMILES string of the molecule is Cc1ccccc1C(/C=C/c1ccccc1)CC(=O)c1ccccc1. The Morgan fingerprint density at radius 2 is 1.44 bits per heavy atom. The Balaban J connectivity index is 1.88. The van der Waals surface area contributed by atoms with Gasteiger partial charge in [0.2, 0.25) is 0 Å². The van der Waals surface area contributed by atoms with Crippen LogP contribution in [0.25, 0.3) is 6.08 Å². The molecule has 0 fully saturated rings. The molecular formula is C24H22O. The van der Waals surface area contributed by atoms with Crippen LogP contribution >= 0.6 is 0 Å². The van der Waals surface area contributed by atoms with Gasteiger partial charge in [-0.05, 0) is 23.6 Å². The minimum atomic E-state index is 0.0640. The van der Waals surface area contributed by atoms with Gasteiger partial charge in [0.1, 0.15) is 0 Å². The van der Waals surface area contributed by atoms with Gasteiger partial charge in [-0.3, -0.25) is 4.79 Å². The fraction of sp³-hybridized carbons (Fsp3) is 0.125. The zero-order valence-corrected chi connectivity index (χ0v) is 14.4. The lowest BCUT2D eigenvalue weighted by molar-refractivity contribution is 0.0978. The summed E-state index contributed by atoms with van der Waals surface area (Å²) < 4.78 is 0. The molecule has 0 radical (unpaired) electrons. The molecule has 1 nitrogen and oxygen atoms in total. The summed E-state index contributed by atoms with van der Waals surface area (Å²) >= 11 is 0. The predicted molar refractivity (Wildman–Crippen MR) is 105 cm³/mol. The van der Waals surface area contributed by atoms with Gasteiger partial charge in [0.15, 0.2) is 5.78 Å². The first-order chi connectivity index (χ1) is 12.2. The van der Waals surface area contributed by atoms with Gasteiger partial charge in [-0.1, -0.05) is 97.1 Å². The monoisotopic (exact) mass is 326 g/mol. The molecule has 124 valence electrons. The maximum Gasteiger partial charge on any atom is 0.163 e. The molecule has 0 saturated carbocycles. The number of rotatable bonds is 6. The van der Waals surface area contributed by atoms with Crippen molar-refractivity contribution in [3.63, 3.8) is 0 Å². The van der Waals surface area contributed by atoms with E-state index in [1.807, 2.05) is 60.7 Å². The van der Waals surface area contributed by atoms with E-state index in [0.717, 1.165) is 11.1 Å². The molecule has 0 aliphatic carbocycles. The molecule has 3 aromatic rings. The van der Waals surface area contributed by atoms with Crippen molar-refractivity contribution >= 4 is 11.9 Å². The molecule has 3 aromatic carbocycles. The molecule has 0 aromatic heterocycles. The van der Waals surface area contributed by atoms with E-state index in [1.165, 1.54) is 11.1 Å². The van der Waals surface area contributed by atoms with Crippen molar-refractivity contribution in [1.82, 2.24) is 0 Å². The Bertz CT molecular complexity index is 848. The van der Waals surface area contributed by atoms with Gasteiger partial charge in [-0.15, -0.1) is 0 Å². The number of hydrogen-bond acceptors (Lipinski definition) is 1. The fourth-order valence-electron chi connectivity index (χ4n) is 3.02. The molecule has 0 heterocycles. The van der Waals surface area contributed by atoms with Crippen LogP contribution in [0, 0.1) is 6.92 Å². The fourth-order valence-corrected chi connectivity index (χ4v) is 3.02. The van der Waals surface area contributed by atoms with Crippen LogP contribution in [0.3, 0.4) is 0 Å². The Morgan fingerprint density at radius 1 is 0.840 bits per heavy atom. The third-order valence-corrected chi connectivity index (χ3v) is 4.41. The molecular weight excluding hydrogens is 304 g/mol. The second-order valence-corrected chi connectivity index (χ2v) is 6.23. The van der Waals surface area contributed by atoms with E-state index in [4.69, 9.17) is 0 Å². The summed E-state index contributed by atoms with van der Waals surface area (Å²) in [5, 5.41) is 0. The minimum absolute atomic E-state index is 0.0640. The van der Waals surface area contributed by atoms with E-state index in [9.17, 15) is 4.79 Å². The first-order valence-electron chi connectivity index (χ1n) is 8.61. The number of aryl methyl sites for hydroxylation is 1. The normalized spacial score (nSPS) is 12.2. The largest absolute Gasteiger partial charge is 0.294 e. The summed E-state index contributed by atoms with van der Waals surface area (Å²) in [6, 6.07) is 28.0. The Labute approximate surface area is 149 Å². The van der Waals surface area contributed by atoms with Gasteiger partial charge in [-0.2, -0.15) is 0 Å². The molecule has 0 saturated heterocycles. The molecule has 3 rings (SSSR count). The van der Waals surface area contributed by atoms with Crippen LogP contribution < -0.4 is 0 Å². The highest BCUT2D eigenvalue weighted by atomic mass is 16.1. The quantitative estimate of drug-likeness (QED) is 0.503. The van der Waals surface area contributed by atoms with Crippen LogP contribution in [0.2, 0.25) is 0 Å². The maximum atomic E-state index is 12.7. The lowest BCUT2D eigenvalue weighted by atomic mass is 9.88. The topological polar surface area (TPSA) is 17.1 Å². The number of carbonyl (C=O) groups excluding carboxylic acids is 1. The summed E-state index contributed by atoms with van der Waals surface area (Å²) in [6.07, 6.45) is 4.73. The molecule has 0 aliphatic heterocycles. The molecule has 0 amide bonds. The standard InChI is InChI=1S/C24H22O/c1-19-10-8-9-15-23(19)22(17-16-20-11-4-2-5-12-20)18-24(25)21-13-6-3-7-14-21/h2-17,22H,18H2,1H3/b17-16+. The summed E-state index contributed by atoms with van der Waals surface area (Å²) in [4.78, 5) is 12.7. The van der Waals surface area contributed by atoms with Crippen LogP contribution in [0.1, 0.15) is 39.4 Å². The van der Waals surface area contributed by atoms with Gasteiger partial charge in [0.05, 0.1) is 0 Å². The highest BCUT2D eigenvalue weighted by Crippen LogP contribution is 2.27. The Morgan fingerprint density at radius 3 is 2.12 bits per heavy atom. The zero-order valence-electron chi connectivity index (χ0n) is 14.4.